The number of rotatable bonds is 4. The average molecular weight is 340 g/mol. The molecule has 1 saturated carbocycles. The van der Waals surface area contributed by atoms with Gasteiger partial charge in [0.05, 0.1) is 11.5 Å². The number of aromatic nitrogens is 3. The largest absolute Gasteiger partial charge is 0.393 e. The Bertz CT molecular complexity index is 820. The van der Waals surface area contributed by atoms with E-state index in [0.29, 0.717) is 11.7 Å². The van der Waals surface area contributed by atoms with E-state index >= 15 is 0 Å². The zero-order chi connectivity index (χ0) is 16.4. The molecule has 1 aliphatic rings. The molecule has 4 rings (SSSR count). The molecule has 0 spiro atoms. The molecule has 0 bridgehead atoms. The molecule has 1 fully saturated rings. The van der Waals surface area contributed by atoms with Crippen molar-refractivity contribution in [3.63, 3.8) is 0 Å². The van der Waals surface area contributed by atoms with Gasteiger partial charge in [-0.2, -0.15) is 0 Å². The number of pyridine rings is 1. The summed E-state index contributed by atoms with van der Waals surface area (Å²) < 4.78 is 0. The first-order chi connectivity index (χ1) is 11.8. The highest BCUT2D eigenvalue weighted by atomic mass is 32.1. The van der Waals surface area contributed by atoms with Gasteiger partial charge in [0.25, 0.3) is 0 Å². The second-order valence-electron chi connectivity index (χ2n) is 6.24. The molecular weight excluding hydrogens is 320 g/mol. The molecule has 0 amide bonds. The highest BCUT2D eigenvalue weighted by molar-refractivity contribution is 7.16. The van der Waals surface area contributed by atoms with Gasteiger partial charge in [-0.25, -0.2) is 9.97 Å². The Kier molecular flexibility index (Phi) is 4.40. The molecule has 3 heterocycles. The van der Waals surface area contributed by atoms with E-state index in [-0.39, 0.29) is 6.10 Å². The van der Waals surface area contributed by atoms with Gasteiger partial charge in [-0.1, -0.05) is 18.9 Å². The Labute approximate surface area is 144 Å². The summed E-state index contributed by atoms with van der Waals surface area (Å²) in [6.45, 7) is 0.741. The summed E-state index contributed by atoms with van der Waals surface area (Å²) in [6, 6.07) is 7.79. The summed E-state index contributed by atoms with van der Waals surface area (Å²) in [5.41, 5.74) is 0.772. The quantitative estimate of drug-likeness (QED) is 0.757. The molecule has 5 nitrogen and oxygen atoms in total. The normalized spacial score (nSPS) is 21.0. The first-order valence-corrected chi connectivity index (χ1v) is 9.28. The van der Waals surface area contributed by atoms with Gasteiger partial charge in [-0.15, -0.1) is 11.3 Å². The van der Waals surface area contributed by atoms with Crippen LogP contribution >= 0.6 is 11.3 Å². The second-order valence-corrected chi connectivity index (χ2v) is 7.14. The third-order valence-electron chi connectivity index (χ3n) is 4.62. The molecule has 124 valence electrons. The lowest BCUT2D eigenvalue weighted by Crippen LogP contribution is -2.30. The Morgan fingerprint density at radius 1 is 1.17 bits per heavy atom. The maximum absolute atomic E-state index is 10.2. The van der Waals surface area contributed by atoms with E-state index < -0.39 is 0 Å². The third kappa shape index (κ3) is 3.12. The first-order valence-electron chi connectivity index (χ1n) is 8.40. The highest BCUT2D eigenvalue weighted by Gasteiger charge is 2.23. The molecule has 3 aromatic rings. The molecule has 2 atom stereocenters. The lowest BCUT2D eigenvalue weighted by Gasteiger charge is -2.27. The van der Waals surface area contributed by atoms with E-state index in [4.69, 9.17) is 4.98 Å². The van der Waals surface area contributed by atoms with Crippen LogP contribution in [-0.4, -0.2) is 32.7 Å². The van der Waals surface area contributed by atoms with E-state index in [1.807, 2.05) is 29.6 Å². The minimum atomic E-state index is -0.207. The number of nitrogens with zero attached hydrogens (tertiary/aromatic N) is 3. The van der Waals surface area contributed by atoms with Crippen molar-refractivity contribution in [2.75, 3.05) is 11.9 Å². The SMILES string of the molecule is OC1CCCCC1CNc1nc(-c2ccccn2)nc2sccc12. The van der Waals surface area contributed by atoms with Gasteiger partial charge in [-0.05, 0) is 36.4 Å². The molecular formula is C18H20N4OS. The monoisotopic (exact) mass is 340 g/mol. The molecule has 2 unspecified atom stereocenters. The van der Waals surface area contributed by atoms with Gasteiger partial charge in [0, 0.05) is 18.7 Å². The molecule has 2 N–H and O–H groups in total. The van der Waals surface area contributed by atoms with Crippen LogP contribution in [0.1, 0.15) is 25.7 Å². The van der Waals surface area contributed by atoms with Gasteiger partial charge >= 0.3 is 0 Å². The predicted molar refractivity (Wildman–Crippen MR) is 97.1 cm³/mol. The summed E-state index contributed by atoms with van der Waals surface area (Å²) in [7, 11) is 0. The minimum Gasteiger partial charge on any atom is -0.393 e. The molecule has 0 radical (unpaired) electrons. The smallest absolute Gasteiger partial charge is 0.181 e. The van der Waals surface area contributed by atoms with Crippen molar-refractivity contribution in [2.45, 2.75) is 31.8 Å². The molecule has 0 aliphatic heterocycles. The van der Waals surface area contributed by atoms with Crippen LogP contribution in [0.15, 0.2) is 35.8 Å². The number of fused-ring (bicyclic) bond motifs is 1. The Morgan fingerprint density at radius 3 is 2.92 bits per heavy atom. The zero-order valence-electron chi connectivity index (χ0n) is 13.4. The second kappa shape index (κ2) is 6.83. The number of hydrogen-bond acceptors (Lipinski definition) is 6. The third-order valence-corrected chi connectivity index (χ3v) is 5.43. The van der Waals surface area contributed by atoms with Crippen LogP contribution in [0.5, 0.6) is 0 Å². The van der Waals surface area contributed by atoms with Crippen molar-refractivity contribution in [1.29, 1.82) is 0 Å². The highest BCUT2D eigenvalue weighted by Crippen LogP contribution is 2.29. The molecule has 3 aromatic heterocycles. The van der Waals surface area contributed by atoms with E-state index in [1.54, 1.807) is 17.5 Å². The van der Waals surface area contributed by atoms with E-state index in [1.165, 1.54) is 6.42 Å². The Hall–Kier alpha value is -2.05. The number of anilines is 1. The number of hydrogen-bond donors (Lipinski definition) is 2. The minimum absolute atomic E-state index is 0.207. The van der Waals surface area contributed by atoms with E-state index in [2.05, 4.69) is 15.3 Å². The predicted octanol–water partition coefficient (Wildman–Crippen LogP) is 3.72. The van der Waals surface area contributed by atoms with Crippen LogP contribution in [0.3, 0.4) is 0 Å². The van der Waals surface area contributed by atoms with Crippen molar-refractivity contribution in [2.24, 2.45) is 5.92 Å². The van der Waals surface area contributed by atoms with Crippen LogP contribution < -0.4 is 5.32 Å². The molecule has 6 heteroatoms. The van der Waals surface area contributed by atoms with Gasteiger partial charge in [0.2, 0.25) is 0 Å². The summed E-state index contributed by atoms with van der Waals surface area (Å²) in [5.74, 6) is 1.76. The van der Waals surface area contributed by atoms with Gasteiger partial charge in [-0.3, -0.25) is 4.98 Å². The summed E-state index contributed by atoms with van der Waals surface area (Å²) in [6.07, 6.45) is 5.84. The molecule has 24 heavy (non-hydrogen) atoms. The fourth-order valence-corrected chi connectivity index (χ4v) is 4.02. The van der Waals surface area contributed by atoms with Crippen molar-refractivity contribution in [1.82, 2.24) is 15.0 Å². The number of thiophene rings is 1. The topological polar surface area (TPSA) is 70.9 Å². The fraction of sp³-hybridized carbons (Fsp3) is 0.389. The maximum atomic E-state index is 10.2. The van der Waals surface area contributed by atoms with E-state index in [9.17, 15) is 5.11 Å². The summed E-state index contributed by atoms with van der Waals surface area (Å²) >= 11 is 1.60. The van der Waals surface area contributed by atoms with Crippen LogP contribution in [0.2, 0.25) is 0 Å². The van der Waals surface area contributed by atoms with Crippen molar-refractivity contribution in [3.05, 3.63) is 35.8 Å². The fourth-order valence-electron chi connectivity index (χ4n) is 3.25. The average Bonchev–Trinajstić information content (AvgIpc) is 3.10. The van der Waals surface area contributed by atoms with Gasteiger partial charge in [0.1, 0.15) is 16.3 Å². The van der Waals surface area contributed by atoms with Crippen molar-refractivity contribution in [3.8, 4) is 11.5 Å². The molecule has 1 aliphatic carbocycles. The summed E-state index contributed by atoms with van der Waals surface area (Å²) in [5, 5.41) is 16.7. The van der Waals surface area contributed by atoms with Crippen LogP contribution in [-0.2, 0) is 0 Å². The number of aliphatic hydroxyl groups is 1. The van der Waals surface area contributed by atoms with Crippen molar-refractivity contribution >= 4 is 27.4 Å². The van der Waals surface area contributed by atoms with E-state index in [0.717, 1.165) is 47.5 Å². The number of nitrogens with one attached hydrogen (secondary N) is 1. The molecule has 0 aromatic carbocycles. The van der Waals surface area contributed by atoms with Crippen LogP contribution in [0.25, 0.3) is 21.7 Å². The lowest BCUT2D eigenvalue weighted by molar-refractivity contribution is 0.0763. The number of aliphatic hydroxyl groups excluding tert-OH is 1. The zero-order valence-corrected chi connectivity index (χ0v) is 14.2. The molecule has 0 saturated heterocycles. The van der Waals surface area contributed by atoms with Gasteiger partial charge < -0.3 is 10.4 Å². The lowest BCUT2D eigenvalue weighted by atomic mass is 9.86. The summed E-state index contributed by atoms with van der Waals surface area (Å²) in [4.78, 5) is 14.6. The van der Waals surface area contributed by atoms with Gasteiger partial charge in [0.15, 0.2) is 5.82 Å². The first kappa shape index (κ1) is 15.5. The Morgan fingerprint density at radius 2 is 2.08 bits per heavy atom. The van der Waals surface area contributed by atoms with Crippen molar-refractivity contribution < 1.29 is 5.11 Å². The Balaban J connectivity index is 1.63. The maximum Gasteiger partial charge on any atom is 0.181 e. The van der Waals surface area contributed by atoms with Crippen LogP contribution in [0.4, 0.5) is 5.82 Å². The standard InChI is InChI=1S/C18H20N4OS/c23-15-7-2-1-5-12(15)11-20-16-13-8-10-24-18(13)22-17(21-16)14-6-3-4-9-19-14/h3-4,6,8-10,12,15,23H,1-2,5,7,11H2,(H,20,21,22). The van der Waals surface area contributed by atoms with Crippen LogP contribution in [0, 0.1) is 5.92 Å².